The molecular weight excluding hydrogens is 482 g/mol. The Bertz CT molecular complexity index is 1310. The molecule has 0 aromatic heterocycles. The molecule has 9 nitrogen and oxygen atoms in total. The van der Waals surface area contributed by atoms with Gasteiger partial charge >= 0.3 is 5.97 Å². The minimum atomic E-state index is -4.36. The molecule has 1 heterocycles. The van der Waals surface area contributed by atoms with Gasteiger partial charge in [0.25, 0.3) is 0 Å². The molecule has 2 aromatic carbocycles. The molecule has 1 aliphatic rings. The van der Waals surface area contributed by atoms with Gasteiger partial charge in [0.2, 0.25) is 10.0 Å². The van der Waals surface area contributed by atoms with E-state index < -0.39 is 43.5 Å². The maximum atomic E-state index is 13.8. The van der Waals surface area contributed by atoms with Gasteiger partial charge in [0.05, 0.1) is 17.9 Å². The molecule has 0 spiro atoms. The number of carboxylic acids is 1. The number of nitrogens with zero attached hydrogens (tertiary/aromatic N) is 1. The van der Waals surface area contributed by atoms with Gasteiger partial charge in [-0.15, -0.1) is 5.92 Å². The Morgan fingerprint density at radius 2 is 1.79 bits per heavy atom. The highest BCUT2D eigenvalue weighted by Gasteiger charge is 2.46. The standard InChI is InChI=1S/C23H25NO8S2/c1-3-4-15-32-20-7-5-6-8-21(20)33(27,28)22-16-17(23(25)26)13-14-24(22)34(29,30)19-11-9-18(31-2)10-12-19/h5-12,17,22H,13-16H2,1-2H3,(H,25,26). The molecule has 2 aromatic rings. The number of hydrogen-bond donors (Lipinski definition) is 1. The lowest BCUT2D eigenvalue weighted by Crippen LogP contribution is -2.51. The number of sulfone groups is 1. The smallest absolute Gasteiger partial charge is 0.306 e. The quantitative estimate of drug-likeness (QED) is 0.540. The van der Waals surface area contributed by atoms with Gasteiger partial charge in [-0.2, -0.15) is 4.31 Å². The van der Waals surface area contributed by atoms with Gasteiger partial charge in [0, 0.05) is 6.54 Å². The molecule has 1 fully saturated rings. The lowest BCUT2D eigenvalue weighted by atomic mass is 9.98. The first-order valence-electron chi connectivity index (χ1n) is 10.4. The van der Waals surface area contributed by atoms with Crippen molar-refractivity contribution in [1.29, 1.82) is 0 Å². The van der Waals surface area contributed by atoms with Crippen LogP contribution >= 0.6 is 0 Å². The Balaban J connectivity index is 2.08. The van der Waals surface area contributed by atoms with E-state index in [4.69, 9.17) is 9.47 Å². The Hall–Kier alpha value is -3.07. The Morgan fingerprint density at radius 1 is 1.12 bits per heavy atom. The fourth-order valence-corrected chi connectivity index (χ4v) is 7.75. The van der Waals surface area contributed by atoms with Crippen molar-refractivity contribution in [2.75, 3.05) is 20.3 Å². The Morgan fingerprint density at radius 3 is 2.41 bits per heavy atom. The van der Waals surface area contributed by atoms with Crippen LogP contribution in [0.3, 0.4) is 0 Å². The molecule has 2 unspecified atom stereocenters. The first-order valence-corrected chi connectivity index (χ1v) is 13.4. The van der Waals surface area contributed by atoms with Crippen LogP contribution in [0.5, 0.6) is 11.5 Å². The summed E-state index contributed by atoms with van der Waals surface area (Å²) in [5.41, 5.74) is 0. The van der Waals surface area contributed by atoms with Crippen LogP contribution in [0.15, 0.2) is 58.3 Å². The molecule has 0 amide bonds. The molecule has 1 saturated heterocycles. The number of para-hydroxylation sites is 1. The number of piperidine rings is 1. The van der Waals surface area contributed by atoms with Crippen LogP contribution in [0, 0.1) is 17.8 Å². The zero-order valence-electron chi connectivity index (χ0n) is 18.7. The van der Waals surface area contributed by atoms with E-state index in [0.29, 0.717) is 5.75 Å². The molecule has 1 N–H and O–H groups in total. The highest BCUT2D eigenvalue weighted by molar-refractivity contribution is 7.94. The number of aliphatic carboxylic acids is 1. The second-order valence-corrected chi connectivity index (χ2v) is 11.5. The van der Waals surface area contributed by atoms with Gasteiger partial charge in [0.15, 0.2) is 9.84 Å². The molecule has 0 aliphatic carbocycles. The van der Waals surface area contributed by atoms with E-state index >= 15 is 0 Å². The molecule has 34 heavy (non-hydrogen) atoms. The maximum Gasteiger partial charge on any atom is 0.306 e. The largest absolute Gasteiger partial charge is 0.497 e. The molecule has 2 atom stereocenters. The first-order chi connectivity index (χ1) is 16.1. The lowest BCUT2D eigenvalue weighted by Gasteiger charge is -2.36. The maximum absolute atomic E-state index is 13.8. The summed E-state index contributed by atoms with van der Waals surface area (Å²) < 4.78 is 65.9. The zero-order valence-corrected chi connectivity index (χ0v) is 20.3. The number of rotatable bonds is 8. The van der Waals surface area contributed by atoms with E-state index in [2.05, 4.69) is 11.8 Å². The van der Waals surface area contributed by atoms with Crippen molar-refractivity contribution in [3.05, 3.63) is 48.5 Å². The molecular formula is C23H25NO8S2. The fourth-order valence-electron chi connectivity index (χ4n) is 3.71. The van der Waals surface area contributed by atoms with Crippen molar-refractivity contribution < 1.29 is 36.2 Å². The van der Waals surface area contributed by atoms with Crippen molar-refractivity contribution in [2.45, 2.75) is 34.9 Å². The number of ether oxygens (including phenoxy) is 2. The second-order valence-electron chi connectivity index (χ2n) is 7.51. The number of carboxylic acid groups (broad SMARTS) is 1. The summed E-state index contributed by atoms with van der Waals surface area (Å²) in [6.07, 6.45) is -0.406. The third-order valence-electron chi connectivity index (χ3n) is 5.51. The third-order valence-corrected chi connectivity index (χ3v) is 9.68. The molecule has 11 heteroatoms. The van der Waals surface area contributed by atoms with Crippen LogP contribution < -0.4 is 9.47 Å². The normalized spacial score (nSPS) is 19.0. The average molecular weight is 508 g/mol. The van der Waals surface area contributed by atoms with Gasteiger partial charge in [-0.1, -0.05) is 18.1 Å². The van der Waals surface area contributed by atoms with Crippen LogP contribution in [-0.2, 0) is 24.7 Å². The SMILES string of the molecule is CC#CCOc1ccccc1S(=O)(=O)C1CC(C(=O)O)CCN1S(=O)(=O)c1ccc(OC)cc1. The molecule has 0 saturated carbocycles. The van der Waals surface area contributed by atoms with Gasteiger partial charge in [-0.05, 0) is 56.2 Å². The van der Waals surface area contributed by atoms with E-state index in [1.165, 1.54) is 49.6 Å². The first kappa shape index (κ1) is 25.6. The zero-order chi connectivity index (χ0) is 24.9. The van der Waals surface area contributed by atoms with E-state index in [-0.39, 0.29) is 35.1 Å². The third kappa shape index (κ3) is 5.19. The van der Waals surface area contributed by atoms with Crippen LogP contribution in [0.4, 0.5) is 0 Å². The van der Waals surface area contributed by atoms with Crippen molar-refractivity contribution in [3.63, 3.8) is 0 Å². The Kier molecular flexibility index (Phi) is 7.86. The van der Waals surface area contributed by atoms with E-state index in [0.717, 1.165) is 4.31 Å². The highest BCUT2D eigenvalue weighted by Crippen LogP contribution is 2.37. The van der Waals surface area contributed by atoms with Crippen molar-refractivity contribution >= 4 is 25.8 Å². The van der Waals surface area contributed by atoms with Crippen LogP contribution in [0.2, 0.25) is 0 Å². The minimum absolute atomic E-state index is 0.0129. The Labute approximate surface area is 199 Å². The summed E-state index contributed by atoms with van der Waals surface area (Å²) in [7, 11) is -7.19. The van der Waals surface area contributed by atoms with Gasteiger partial charge < -0.3 is 14.6 Å². The number of hydrogen-bond acceptors (Lipinski definition) is 7. The second kappa shape index (κ2) is 10.5. The van der Waals surface area contributed by atoms with E-state index in [1.807, 2.05) is 0 Å². The van der Waals surface area contributed by atoms with Crippen molar-refractivity contribution in [2.24, 2.45) is 5.92 Å². The van der Waals surface area contributed by atoms with E-state index in [1.54, 1.807) is 13.0 Å². The number of benzene rings is 2. The van der Waals surface area contributed by atoms with Crippen LogP contribution in [-0.4, -0.2) is 57.9 Å². The molecule has 182 valence electrons. The number of methoxy groups -OCH3 is 1. The summed E-state index contributed by atoms with van der Waals surface area (Å²) in [6, 6.07) is 11.4. The number of carbonyl (C=O) groups is 1. The van der Waals surface area contributed by atoms with E-state index in [9.17, 15) is 26.7 Å². The number of sulfonamides is 1. The lowest BCUT2D eigenvalue weighted by molar-refractivity contribution is -0.143. The van der Waals surface area contributed by atoms with Crippen LogP contribution in [0.25, 0.3) is 0 Å². The van der Waals surface area contributed by atoms with Crippen molar-refractivity contribution in [1.82, 2.24) is 4.31 Å². The highest BCUT2D eigenvalue weighted by atomic mass is 32.2. The van der Waals surface area contributed by atoms with Gasteiger partial charge in [-0.25, -0.2) is 16.8 Å². The van der Waals surface area contributed by atoms with Crippen molar-refractivity contribution in [3.8, 4) is 23.3 Å². The molecule has 3 rings (SSSR count). The summed E-state index contributed by atoms with van der Waals surface area (Å²) in [6.45, 7) is 1.29. The molecule has 1 aliphatic heterocycles. The summed E-state index contributed by atoms with van der Waals surface area (Å²) >= 11 is 0. The molecule has 0 bridgehead atoms. The fraction of sp³-hybridized carbons (Fsp3) is 0.348. The summed E-state index contributed by atoms with van der Waals surface area (Å²) in [4.78, 5) is 11.3. The van der Waals surface area contributed by atoms with Gasteiger partial charge in [-0.3, -0.25) is 4.79 Å². The monoisotopic (exact) mass is 507 g/mol. The topological polar surface area (TPSA) is 127 Å². The average Bonchev–Trinajstić information content (AvgIpc) is 2.84. The molecule has 0 radical (unpaired) electrons. The predicted octanol–water partition coefficient (Wildman–Crippen LogP) is 2.38. The van der Waals surface area contributed by atoms with Crippen LogP contribution in [0.1, 0.15) is 19.8 Å². The summed E-state index contributed by atoms with van der Waals surface area (Å²) in [5, 5.41) is 7.91. The predicted molar refractivity (Wildman–Crippen MR) is 124 cm³/mol. The summed E-state index contributed by atoms with van der Waals surface area (Å²) in [5.74, 6) is 3.59. The minimum Gasteiger partial charge on any atom is -0.497 e. The van der Waals surface area contributed by atoms with Gasteiger partial charge in [0.1, 0.15) is 28.4 Å².